The van der Waals surface area contributed by atoms with E-state index < -0.39 is 0 Å². The second kappa shape index (κ2) is 5.35. The molecule has 2 aliphatic rings. The number of hydrogen-bond donors (Lipinski definition) is 1. The van der Waals surface area contributed by atoms with Crippen molar-refractivity contribution in [1.82, 2.24) is 10.2 Å². The summed E-state index contributed by atoms with van der Waals surface area (Å²) in [4.78, 5) is 17.5. The van der Waals surface area contributed by atoms with Gasteiger partial charge < -0.3 is 4.90 Å². The first-order chi connectivity index (χ1) is 9.61. The molecule has 2 atom stereocenters. The van der Waals surface area contributed by atoms with Gasteiger partial charge in [0.25, 0.3) is 0 Å². The van der Waals surface area contributed by atoms with Crippen molar-refractivity contribution in [2.75, 3.05) is 12.0 Å². The van der Waals surface area contributed by atoms with Crippen LogP contribution in [0, 0.1) is 6.92 Å². The number of rotatable bonds is 5. The van der Waals surface area contributed by atoms with E-state index in [-0.39, 0.29) is 11.7 Å². The van der Waals surface area contributed by atoms with E-state index in [1.165, 1.54) is 9.75 Å². The van der Waals surface area contributed by atoms with E-state index in [9.17, 15) is 4.79 Å². The van der Waals surface area contributed by atoms with Crippen LogP contribution in [0.15, 0.2) is 12.1 Å². The average molecular weight is 310 g/mol. The largest absolute Gasteiger partial charge is 0.317 e. The highest BCUT2D eigenvalue weighted by atomic mass is 32.2. The lowest BCUT2D eigenvalue weighted by molar-refractivity contribution is -0.132. The molecule has 2 fully saturated rings. The molecule has 1 aliphatic carbocycles. The summed E-state index contributed by atoms with van der Waals surface area (Å²) in [5.41, 5.74) is -0.228. The lowest BCUT2D eigenvalue weighted by atomic mass is 10.2. The van der Waals surface area contributed by atoms with Crippen molar-refractivity contribution in [3.8, 4) is 0 Å². The summed E-state index contributed by atoms with van der Waals surface area (Å²) in [6, 6.07) is 4.65. The molecule has 0 radical (unpaired) electrons. The van der Waals surface area contributed by atoms with Crippen molar-refractivity contribution in [3.63, 3.8) is 0 Å². The molecule has 0 bridgehead atoms. The molecule has 5 heteroatoms. The van der Waals surface area contributed by atoms with Gasteiger partial charge in [-0.15, -0.1) is 11.3 Å². The summed E-state index contributed by atoms with van der Waals surface area (Å²) in [6.07, 6.45) is 5.22. The smallest absolute Gasteiger partial charge is 0.244 e. The zero-order chi connectivity index (χ0) is 14.3. The van der Waals surface area contributed by atoms with Gasteiger partial charge in [-0.25, -0.2) is 0 Å². The Labute approximate surface area is 129 Å². The van der Waals surface area contributed by atoms with Crippen LogP contribution < -0.4 is 5.32 Å². The lowest BCUT2D eigenvalue weighted by Gasteiger charge is -2.31. The Kier molecular flexibility index (Phi) is 3.86. The maximum absolute atomic E-state index is 12.8. The standard InChI is InChI=1S/C15H22N2OS2/c1-4-11(9-19-3)17-13(12-6-5-10(2)20-12)16-15(7-8-15)14(17)18/h5-6,11,13,16H,4,7-9H2,1-3H3. The van der Waals surface area contributed by atoms with Crippen molar-refractivity contribution >= 4 is 29.0 Å². The number of nitrogens with zero attached hydrogens (tertiary/aromatic N) is 1. The molecule has 2 heterocycles. The third-order valence-electron chi connectivity index (χ3n) is 4.34. The molecule has 1 N–H and O–H groups in total. The highest BCUT2D eigenvalue weighted by molar-refractivity contribution is 7.98. The number of carbonyl (C=O) groups excluding carboxylic acids is 1. The SMILES string of the molecule is CCC(CSC)N1C(=O)C2(CC2)NC1c1ccc(C)s1. The summed E-state index contributed by atoms with van der Waals surface area (Å²) in [5.74, 6) is 1.34. The molecule has 1 aromatic rings. The molecule has 1 aromatic heterocycles. The van der Waals surface area contributed by atoms with Crippen molar-refractivity contribution < 1.29 is 4.79 Å². The zero-order valence-electron chi connectivity index (χ0n) is 12.3. The zero-order valence-corrected chi connectivity index (χ0v) is 13.9. The van der Waals surface area contributed by atoms with Crippen LogP contribution in [0.5, 0.6) is 0 Å². The summed E-state index contributed by atoms with van der Waals surface area (Å²) >= 11 is 3.63. The van der Waals surface area contributed by atoms with E-state index in [0.717, 1.165) is 25.0 Å². The van der Waals surface area contributed by atoms with E-state index in [1.807, 2.05) is 11.8 Å². The Morgan fingerprint density at radius 2 is 2.30 bits per heavy atom. The van der Waals surface area contributed by atoms with E-state index in [1.54, 1.807) is 11.3 Å². The van der Waals surface area contributed by atoms with Crippen molar-refractivity contribution in [1.29, 1.82) is 0 Å². The molecule has 3 rings (SSSR count). The number of nitrogens with one attached hydrogen (secondary N) is 1. The van der Waals surface area contributed by atoms with Gasteiger partial charge in [0.1, 0.15) is 11.7 Å². The maximum Gasteiger partial charge on any atom is 0.244 e. The van der Waals surface area contributed by atoms with Crippen LogP contribution in [-0.4, -0.2) is 34.4 Å². The Bertz CT molecular complexity index is 510. The number of thioether (sulfide) groups is 1. The number of amides is 1. The van der Waals surface area contributed by atoms with Crippen LogP contribution in [0.4, 0.5) is 0 Å². The third-order valence-corrected chi connectivity index (χ3v) is 6.11. The van der Waals surface area contributed by atoms with Gasteiger partial charge >= 0.3 is 0 Å². The first kappa shape index (κ1) is 14.4. The van der Waals surface area contributed by atoms with E-state index in [4.69, 9.17) is 0 Å². The third kappa shape index (κ3) is 2.30. The van der Waals surface area contributed by atoms with Crippen LogP contribution >= 0.6 is 23.1 Å². The molecular formula is C15H22N2OS2. The normalized spacial score (nSPS) is 25.4. The van der Waals surface area contributed by atoms with Crippen LogP contribution in [0.25, 0.3) is 0 Å². The van der Waals surface area contributed by atoms with Gasteiger partial charge in [-0.05, 0) is 44.6 Å². The van der Waals surface area contributed by atoms with Crippen molar-refractivity contribution in [2.24, 2.45) is 0 Å². The van der Waals surface area contributed by atoms with Gasteiger partial charge in [0, 0.05) is 21.5 Å². The minimum atomic E-state index is -0.228. The van der Waals surface area contributed by atoms with Crippen LogP contribution in [0.3, 0.4) is 0 Å². The number of thiophene rings is 1. The molecule has 1 saturated heterocycles. The lowest BCUT2D eigenvalue weighted by Crippen LogP contribution is -2.41. The Hall–Kier alpha value is -0.520. The topological polar surface area (TPSA) is 32.3 Å². The minimum Gasteiger partial charge on any atom is -0.317 e. The fourth-order valence-corrected chi connectivity index (χ4v) is 4.72. The maximum atomic E-state index is 12.8. The second-order valence-corrected chi connectivity index (χ2v) is 8.04. The van der Waals surface area contributed by atoms with Gasteiger partial charge in [-0.2, -0.15) is 11.8 Å². The predicted octanol–water partition coefficient (Wildman–Crippen LogP) is 3.16. The summed E-state index contributed by atoms with van der Waals surface area (Å²) in [7, 11) is 0. The van der Waals surface area contributed by atoms with Crippen LogP contribution in [-0.2, 0) is 4.79 Å². The fourth-order valence-electron chi connectivity index (χ4n) is 3.01. The van der Waals surface area contributed by atoms with Crippen molar-refractivity contribution in [2.45, 2.75) is 50.9 Å². The summed E-state index contributed by atoms with van der Waals surface area (Å²) < 4.78 is 0. The van der Waals surface area contributed by atoms with Gasteiger partial charge in [0.05, 0.1) is 0 Å². The number of aryl methyl sites for hydroxylation is 1. The fraction of sp³-hybridized carbons (Fsp3) is 0.667. The predicted molar refractivity (Wildman–Crippen MR) is 86.2 cm³/mol. The molecule has 110 valence electrons. The second-order valence-electron chi connectivity index (χ2n) is 5.81. The molecule has 20 heavy (non-hydrogen) atoms. The first-order valence-electron chi connectivity index (χ1n) is 7.27. The molecular weight excluding hydrogens is 288 g/mol. The Morgan fingerprint density at radius 1 is 1.55 bits per heavy atom. The van der Waals surface area contributed by atoms with Gasteiger partial charge in [0.2, 0.25) is 5.91 Å². The molecule has 0 aromatic carbocycles. The van der Waals surface area contributed by atoms with Gasteiger partial charge in [0.15, 0.2) is 0 Å². The molecule has 3 nitrogen and oxygen atoms in total. The van der Waals surface area contributed by atoms with Gasteiger partial charge in [-0.1, -0.05) is 6.92 Å². The summed E-state index contributed by atoms with van der Waals surface area (Å²) in [5, 5.41) is 3.62. The minimum absolute atomic E-state index is 0.0841. The van der Waals surface area contributed by atoms with E-state index in [2.05, 4.69) is 42.5 Å². The monoisotopic (exact) mass is 310 g/mol. The Morgan fingerprint density at radius 3 is 2.80 bits per heavy atom. The summed E-state index contributed by atoms with van der Waals surface area (Å²) in [6.45, 7) is 4.31. The van der Waals surface area contributed by atoms with E-state index >= 15 is 0 Å². The van der Waals surface area contributed by atoms with Gasteiger partial charge in [-0.3, -0.25) is 10.1 Å². The number of carbonyl (C=O) groups is 1. The molecule has 2 unspecified atom stereocenters. The molecule has 1 amide bonds. The van der Waals surface area contributed by atoms with Crippen molar-refractivity contribution in [3.05, 3.63) is 21.9 Å². The van der Waals surface area contributed by atoms with E-state index in [0.29, 0.717) is 11.9 Å². The highest BCUT2D eigenvalue weighted by Gasteiger charge is 2.60. The number of hydrogen-bond acceptors (Lipinski definition) is 4. The highest BCUT2D eigenvalue weighted by Crippen LogP contribution is 2.48. The molecule has 1 spiro atoms. The molecule has 1 aliphatic heterocycles. The van der Waals surface area contributed by atoms with Crippen LogP contribution in [0.1, 0.15) is 42.1 Å². The average Bonchev–Trinajstić information content (AvgIpc) is 3.01. The van der Waals surface area contributed by atoms with Crippen LogP contribution in [0.2, 0.25) is 0 Å². The first-order valence-corrected chi connectivity index (χ1v) is 9.48. The quantitative estimate of drug-likeness (QED) is 0.906. The Balaban J connectivity index is 1.91. The molecule has 1 saturated carbocycles.